The molecule has 0 spiro atoms. The molecule has 150 valence electrons. The second-order valence-corrected chi connectivity index (χ2v) is 9.00. The van der Waals surface area contributed by atoms with Crippen molar-refractivity contribution in [3.8, 4) is 5.75 Å². The molecule has 1 amide bonds. The Labute approximate surface area is 161 Å². The summed E-state index contributed by atoms with van der Waals surface area (Å²) in [4.78, 5) is 13.4. The molecule has 2 aliphatic rings. The number of carbonyl (C=O) groups is 1. The first-order chi connectivity index (χ1) is 13.0. The molecular formula is C18H29N4O4S+. The number of hydrogen-bond acceptors (Lipinski definition) is 4. The molecule has 3 rings (SSSR count). The number of nitrogens with zero attached hydrogens (tertiary/aromatic N) is 2. The summed E-state index contributed by atoms with van der Waals surface area (Å²) in [5, 5.41) is 2.88. The number of methoxy groups -OCH3 is 1. The molecule has 0 atom stereocenters. The predicted molar refractivity (Wildman–Crippen MR) is 103 cm³/mol. The van der Waals surface area contributed by atoms with Gasteiger partial charge in [0, 0.05) is 18.8 Å². The van der Waals surface area contributed by atoms with Gasteiger partial charge < -0.3 is 15.0 Å². The molecule has 0 radical (unpaired) electrons. The highest BCUT2D eigenvalue weighted by molar-refractivity contribution is 7.86. The van der Waals surface area contributed by atoms with Gasteiger partial charge in [-0.05, 0) is 37.1 Å². The van der Waals surface area contributed by atoms with Crippen molar-refractivity contribution < 1.29 is 22.8 Å². The number of ether oxygens (including phenoxy) is 1. The monoisotopic (exact) mass is 397 g/mol. The van der Waals surface area contributed by atoms with Crippen molar-refractivity contribution in [1.29, 1.82) is 0 Å². The van der Waals surface area contributed by atoms with Crippen LogP contribution in [0.15, 0.2) is 24.3 Å². The largest absolute Gasteiger partial charge is 0.497 e. The van der Waals surface area contributed by atoms with Crippen LogP contribution < -0.4 is 15.0 Å². The molecule has 8 nitrogen and oxygen atoms in total. The molecule has 2 aliphatic heterocycles. The second kappa shape index (κ2) is 9.01. The Morgan fingerprint density at radius 3 is 2.22 bits per heavy atom. The minimum atomic E-state index is -3.35. The summed E-state index contributed by atoms with van der Waals surface area (Å²) in [6.07, 6.45) is 2.99. The highest BCUT2D eigenvalue weighted by Crippen LogP contribution is 2.16. The molecule has 1 aromatic carbocycles. The Morgan fingerprint density at radius 1 is 1.04 bits per heavy atom. The lowest BCUT2D eigenvalue weighted by Crippen LogP contribution is -3.15. The van der Waals surface area contributed by atoms with Gasteiger partial charge in [-0.15, -0.1) is 0 Å². The van der Waals surface area contributed by atoms with E-state index in [1.807, 2.05) is 0 Å². The van der Waals surface area contributed by atoms with E-state index in [0.717, 1.165) is 35.6 Å². The molecule has 2 N–H and O–H groups in total. The Kier molecular flexibility index (Phi) is 6.69. The van der Waals surface area contributed by atoms with Crippen LogP contribution in [0.25, 0.3) is 0 Å². The fraction of sp³-hybridized carbons (Fsp3) is 0.611. The summed E-state index contributed by atoms with van der Waals surface area (Å²) in [5.74, 6) is 0.673. The molecule has 0 unspecified atom stereocenters. The molecule has 0 bridgehead atoms. The van der Waals surface area contributed by atoms with E-state index >= 15 is 0 Å². The Bertz CT molecular complexity index is 724. The van der Waals surface area contributed by atoms with Crippen molar-refractivity contribution in [2.24, 2.45) is 0 Å². The van der Waals surface area contributed by atoms with Gasteiger partial charge in [0.1, 0.15) is 5.75 Å². The zero-order chi connectivity index (χ0) is 19.3. The molecule has 0 aromatic heterocycles. The van der Waals surface area contributed by atoms with Crippen LogP contribution in [0.4, 0.5) is 5.69 Å². The SMILES string of the molecule is COc1ccc(NC(=O)C[NH+]2CCN(S(=O)(=O)N3CCCCC3)CC2)cc1. The van der Waals surface area contributed by atoms with Crippen molar-refractivity contribution in [1.82, 2.24) is 8.61 Å². The maximum Gasteiger partial charge on any atom is 0.282 e. The molecule has 2 fully saturated rings. The molecule has 0 aliphatic carbocycles. The summed E-state index contributed by atoms with van der Waals surface area (Å²) in [5.41, 5.74) is 0.728. The van der Waals surface area contributed by atoms with Gasteiger partial charge in [0.25, 0.3) is 16.1 Å². The number of hydrogen-bond donors (Lipinski definition) is 2. The predicted octanol–water partition coefficient (Wildman–Crippen LogP) is -0.435. The van der Waals surface area contributed by atoms with E-state index in [0.29, 0.717) is 45.8 Å². The van der Waals surface area contributed by atoms with Crippen molar-refractivity contribution in [2.45, 2.75) is 19.3 Å². The van der Waals surface area contributed by atoms with Gasteiger partial charge in [0.2, 0.25) is 0 Å². The quantitative estimate of drug-likeness (QED) is 0.682. The van der Waals surface area contributed by atoms with E-state index in [1.54, 1.807) is 40.0 Å². The first kappa shape index (κ1) is 20.1. The minimum Gasteiger partial charge on any atom is -0.497 e. The van der Waals surface area contributed by atoms with E-state index in [4.69, 9.17) is 4.74 Å². The molecule has 0 saturated carbocycles. The lowest BCUT2D eigenvalue weighted by atomic mass is 10.2. The number of rotatable bonds is 6. The fourth-order valence-corrected chi connectivity index (χ4v) is 5.27. The van der Waals surface area contributed by atoms with E-state index in [1.165, 1.54) is 0 Å². The second-order valence-electron chi connectivity index (χ2n) is 7.07. The minimum absolute atomic E-state index is 0.0671. The van der Waals surface area contributed by atoms with Crippen LogP contribution >= 0.6 is 0 Å². The van der Waals surface area contributed by atoms with E-state index in [2.05, 4.69) is 5.32 Å². The number of piperazine rings is 1. The van der Waals surface area contributed by atoms with Crippen molar-refractivity contribution in [3.63, 3.8) is 0 Å². The van der Waals surface area contributed by atoms with Gasteiger partial charge in [-0.1, -0.05) is 6.42 Å². The molecule has 2 saturated heterocycles. The Morgan fingerprint density at radius 2 is 1.63 bits per heavy atom. The lowest BCUT2D eigenvalue weighted by molar-refractivity contribution is -0.895. The topological polar surface area (TPSA) is 83.4 Å². The third kappa shape index (κ3) is 5.19. The zero-order valence-corrected chi connectivity index (χ0v) is 16.6. The number of anilines is 1. The van der Waals surface area contributed by atoms with Gasteiger partial charge in [0.15, 0.2) is 6.54 Å². The third-order valence-corrected chi connectivity index (χ3v) is 7.22. The number of quaternary nitrogens is 1. The van der Waals surface area contributed by atoms with Gasteiger partial charge in [0.05, 0.1) is 33.3 Å². The first-order valence-electron chi connectivity index (χ1n) is 9.52. The van der Waals surface area contributed by atoms with Gasteiger partial charge >= 0.3 is 0 Å². The summed E-state index contributed by atoms with van der Waals surface area (Å²) in [7, 11) is -1.75. The fourth-order valence-electron chi connectivity index (χ4n) is 3.58. The molecule has 27 heavy (non-hydrogen) atoms. The maximum absolute atomic E-state index is 12.7. The summed E-state index contributed by atoms with van der Waals surface area (Å²) < 4.78 is 33.7. The van der Waals surface area contributed by atoms with Crippen molar-refractivity contribution in [2.75, 3.05) is 58.2 Å². The number of amides is 1. The normalized spacial score (nSPS) is 20.3. The van der Waals surface area contributed by atoms with Crippen molar-refractivity contribution >= 4 is 21.8 Å². The molecule has 1 aromatic rings. The van der Waals surface area contributed by atoms with Gasteiger partial charge in [-0.3, -0.25) is 4.79 Å². The van der Waals surface area contributed by atoms with Crippen molar-refractivity contribution in [3.05, 3.63) is 24.3 Å². The van der Waals surface area contributed by atoms with E-state index < -0.39 is 10.2 Å². The standard InChI is InChI=1S/C18H28N4O4S/c1-26-17-7-5-16(6-8-17)19-18(23)15-20-11-13-22(14-12-20)27(24,25)21-9-3-2-4-10-21/h5-8H,2-4,9-15H2,1H3,(H,19,23)/p+1. The highest BCUT2D eigenvalue weighted by atomic mass is 32.2. The average Bonchev–Trinajstić information content (AvgIpc) is 2.69. The molecule has 2 heterocycles. The highest BCUT2D eigenvalue weighted by Gasteiger charge is 2.34. The molecule has 9 heteroatoms. The Balaban J connectivity index is 1.46. The average molecular weight is 398 g/mol. The van der Waals surface area contributed by atoms with Crippen LogP contribution in [-0.2, 0) is 15.0 Å². The van der Waals surface area contributed by atoms with Gasteiger partial charge in [-0.2, -0.15) is 17.0 Å². The van der Waals surface area contributed by atoms with Gasteiger partial charge in [-0.25, -0.2) is 0 Å². The number of nitrogens with one attached hydrogen (secondary N) is 2. The number of benzene rings is 1. The van der Waals surface area contributed by atoms with E-state index in [-0.39, 0.29) is 5.91 Å². The smallest absolute Gasteiger partial charge is 0.282 e. The van der Waals surface area contributed by atoms with Crippen LogP contribution in [0.2, 0.25) is 0 Å². The zero-order valence-electron chi connectivity index (χ0n) is 15.8. The lowest BCUT2D eigenvalue weighted by Gasteiger charge is -2.35. The Hall–Kier alpha value is -1.68. The summed E-state index contributed by atoms with van der Waals surface area (Å²) in [6, 6.07) is 7.20. The van der Waals surface area contributed by atoms with Crippen LogP contribution in [0, 0.1) is 0 Å². The van der Waals surface area contributed by atoms with Crippen LogP contribution in [0.5, 0.6) is 5.75 Å². The number of carbonyl (C=O) groups excluding carboxylic acids is 1. The summed E-state index contributed by atoms with van der Waals surface area (Å²) >= 11 is 0. The first-order valence-corrected chi connectivity index (χ1v) is 10.9. The third-order valence-electron chi connectivity index (χ3n) is 5.18. The number of piperidine rings is 1. The van der Waals surface area contributed by atoms with Crippen LogP contribution in [-0.4, -0.2) is 75.9 Å². The van der Waals surface area contributed by atoms with E-state index in [9.17, 15) is 13.2 Å². The van der Waals surface area contributed by atoms with Crippen LogP contribution in [0.1, 0.15) is 19.3 Å². The maximum atomic E-state index is 12.7. The van der Waals surface area contributed by atoms with Crippen LogP contribution in [0.3, 0.4) is 0 Å². The molecular weight excluding hydrogens is 368 g/mol. The summed E-state index contributed by atoms with van der Waals surface area (Å²) in [6.45, 7) is 3.79.